The highest BCUT2D eigenvalue weighted by Crippen LogP contribution is 2.34. The number of hydrogen-bond donors (Lipinski definition) is 0. The van der Waals surface area contributed by atoms with Gasteiger partial charge >= 0.3 is 0 Å². The van der Waals surface area contributed by atoms with Crippen LogP contribution >= 0.6 is 0 Å². The number of nitrogens with zero attached hydrogens (tertiary/aromatic N) is 3. The molecule has 0 atom stereocenters. The zero-order chi connectivity index (χ0) is 24.1. The van der Waals surface area contributed by atoms with Crippen LogP contribution in [-0.2, 0) is 13.6 Å². The Balaban J connectivity index is 1.77. The van der Waals surface area contributed by atoms with Gasteiger partial charge in [-0.3, -0.25) is 4.79 Å². The van der Waals surface area contributed by atoms with Gasteiger partial charge in [0.1, 0.15) is 17.3 Å². The topological polar surface area (TPSA) is 47.4 Å². The van der Waals surface area contributed by atoms with Crippen LogP contribution in [0.15, 0.2) is 78.9 Å². The standard InChI is InChI=1S/C28H28FN3O2/c1-4-16-32(27(33)22-13-9-14-23(29)18-22)19-25-26(21-11-6-5-7-12-21)30-31(3)28(25)34-24-15-8-10-20(2)17-24/h5-15,17-18H,4,16,19H2,1-3H3. The number of ether oxygens (including phenoxy) is 1. The van der Waals surface area contributed by atoms with Crippen molar-refractivity contribution >= 4 is 5.91 Å². The van der Waals surface area contributed by atoms with Crippen molar-refractivity contribution in [1.29, 1.82) is 0 Å². The Hall–Kier alpha value is -3.93. The molecule has 0 bridgehead atoms. The van der Waals surface area contributed by atoms with Gasteiger partial charge < -0.3 is 9.64 Å². The predicted octanol–water partition coefficient (Wildman–Crippen LogP) is 6.38. The molecule has 4 rings (SSSR count). The van der Waals surface area contributed by atoms with E-state index in [0.717, 1.165) is 28.8 Å². The van der Waals surface area contributed by atoms with Crippen molar-refractivity contribution < 1.29 is 13.9 Å². The van der Waals surface area contributed by atoms with Crippen molar-refractivity contribution in [2.75, 3.05) is 6.54 Å². The van der Waals surface area contributed by atoms with E-state index >= 15 is 0 Å². The third-order valence-corrected chi connectivity index (χ3v) is 5.54. The molecule has 0 saturated heterocycles. The first-order chi connectivity index (χ1) is 16.5. The Morgan fingerprint density at radius 3 is 2.50 bits per heavy atom. The van der Waals surface area contributed by atoms with Gasteiger partial charge in [-0.15, -0.1) is 0 Å². The van der Waals surface area contributed by atoms with Crippen molar-refractivity contribution in [3.05, 3.63) is 101 Å². The highest BCUT2D eigenvalue weighted by Gasteiger charge is 2.25. The Kier molecular flexibility index (Phi) is 7.07. The Bertz CT molecular complexity index is 1280. The Morgan fingerprint density at radius 1 is 1.03 bits per heavy atom. The Morgan fingerprint density at radius 2 is 1.79 bits per heavy atom. The fraction of sp³-hybridized carbons (Fsp3) is 0.214. The van der Waals surface area contributed by atoms with Crippen molar-refractivity contribution in [2.24, 2.45) is 7.05 Å². The van der Waals surface area contributed by atoms with Crippen LogP contribution in [0.25, 0.3) is 11.3 Å². The average Bonchev–Trinajstić information content (AvgIpc) is 3.14. The van der Waals surface area contributed by atoms with Gasteiger partial charge in [-0.05, 0) is 49.2 Å². The summed E-state index contributed by atoms with van der Waals surface area (Å²) in [5, 5.41) is 4.75. The molecule has 0 aliphatic heterocycles. The molecule has 5 nitrogen and oxygen atoms in total. The molecular weight excluding hydrogens is 429 g/mol. The maximum Gasteiger partial charge on any atom is 0.254 e. The van der Waals surface area contributed by atoms with Crippen LogP contribution in [0.5, 0.6) is 11.6 Å². The first-order valence-electron chi connectivity index (χ1n) is 11.4. The van der Waals surface area contributed by atoms with Gasteiger partial charge in [-0.1, -0.05) is 55.5 Å². The van der Waals surface area contributed by atoms with Crippen LogP contribution in [0.3, 0.4) is 0 Å². The van der Waals surface area contributed by atoms with E-state index in [1.54, 1.807) is 21.7 Å². The fourth-order valence-corrected chi connectivity index (χ4v) is 3.96. The van der Waals surface area contributed by atoms with E-state index in [4.69, 9.17) is 9.84 Å². The van der Waals surface area contributed by atoms with Crippen molar-refractivity contribution in [3.8, 4) is 22.9 Å². The van der Waals surface area contributed by atoms with Gasteiger partial charge in [0, 0.05) is 24.7 Å². The molecule has 1 aromatic heterocycles. The normalized spacial score (nSPS) is 10.8. The van der Waals surface area contributed by atoms with E-state index in [0.29, 0.717) is 23.7 Å². The number of carbonyl (C=O) groups is 1. The van der Waals surface area contributed by atoms with Gasteiger partial charge in [0.15, 0.2) is 0 Å². The number of aromatic nitrogens is 2. The quantitative estimate of drug-likeness (QED) is 0.308. The van der Waals surface area contributed by atoms with Crippen LogP contribution in [-0.4, -0.2) is 27.1 Å². The molecule has 0 radical (unpaired) electrons. The number of carbonyl (C=O) groups excluding carboxylic acids is 1. The Labute approximate surface area is 199 Å². The zero-order valence-corrected chi connectivity index (χ0v) is 19.7. The average molecular weight is 458 g/mol. The first kappa shape index (κ1) is 23.2. The molecule has 3 aromatic carbocycles. The molecule has 0 N–H and O–H groups in total. The second-order valence-corrected chi connectivity index (χ2v) is 8.28. The van der Waals surface area contributed by atoms with Crippen LogP contribution < -0.4 is 4.74 Å². The van der Waals surface area contributed by atoms with E-state index in [1.165, 1.54) is 12.1 Å². The summed E-state index contributed by atoms with van der Waals surface area (Å²) in [5.74, 6) is 0.600. The molecule has 1 amide bonds. The highest BCUT2D eigenvalue weighted by molar-refractivity contribution is 5.94. The molecule has 174 valence electrons. The van der Waals surface area contributed by atoms with Gasteiger partial charge in [-0.2, -0.15) is 5.10 Å². The number of hydrogen-bond acceptors (Lipinski definition) is 3. The van der Waals surface area contributed by atoms with E-state index in [1.807, 2.05) is 75.5 Å². The third kappa shape index (κ3) is 5.17. The van der Waals surface area contributed by atoms with Gasteiger partial charge in [0.2, 0.25) is 5.88 Å². The van der Waals surface area contributed by atoms with Crippen molar-refractivity contribution in [3.63, 3.8) is 0 Å². The number of amides is 1. The zero-order valence-electron chi connectivity index (χ0n) is 19.7. The summed E-state index contributed by atoms with van der Waals surface area (Å²) < 4.78 is 21.8. The largest absolute Gasteiger partial charge is 0.439 e. The lowest BCUT2D eigenvalue weighted by Gasteiger charge is -2.23. The summed E-state index contributed by atoms with van der Waals surface area (Å²) in [6, 6.07) is 23.4. The molecule has 0 fully saturated rings. The molecule has 0 aliphatic carbocycles. The van der Waals surface area contributed by atoms with E-state index in [9.17, 15) is 9.18 Å². The molecule has 6 heteroatoms. The van der Waals surface area contributed by atoms with Crippen LogP contribution in [0.2, 0.25) is 0 Å². The SMILES string of the molecule is CCCN(Cc1c(-c2ccccc2)nn(C)c1Oc1cccc(C)c1)C(=O)c1cccc(F)c1. The van der Waals surface area contributed by atoms with Gasteiger partial charge in [0.25, 0.3) is 5.91 Å². The summed E-state index contributed by atoms with van der Waals surface area (Å²) in [5.41, 5.74) is 3.88. The van der Waals surface area contributed by atoms with E-state index in [2.05, 4.69) is 0 Å². The molecule has 34 heavy (non-hydrogen) atoms. The van der Waals surface area contributed by atoms with Crippen LogP contribution in [0.1, 0.15) is 34.8 Å². The molecule has 1 heterocycles. The lowest BCUT2D eigenvalue weighted by molar-refractivity contribution is 0.0742. The highest BCUT2D eigenvalue weighted by atomic mass is 19.1. The lowest BCUT2D eigenvalue weighted by atomic mass is 10.1. The summed E-state index contributed by atoms with van der Waals surface area (Å²) in [6.07, 6.45) is 0.760. The minimum Gasteiger partial charge on any atom is -0.439 e. The maximum absolute atomic E-state index is 13.8. The first-order valence-corrected chi connectivity index (χ1v) is 11.4. The number of halogens is 1. The third-order valence-electron chi connectivity index (χ3n) is 5.54. The minimum atomic E-state index is -0.433. The predicted molar refractivity (Wildman–Crippen MR) is 131 cm³/mol. The molecule has 0 spiro atoms. The van der Waals surface area contributed by atoms with Crippen molar-refractivity contribution in [1.82, 2.24) is 14.7 Å². The van der Waals surface area contributed by atoms with E-state index in [-0.39, 0.29) is 12.5 Å². The van der Waals surface area contributed by atoms with Gasteiger partial charge in [0.05, 0.1) is 12.1 Å². The molecule has 0 saturated carbocycles. The lowest BCUT2D eigenvalue weighted by Crippen LogP contribution is -2.31. The van der Waals surface area contributed by atoms with Gasteiger partial charge in [-0.25, -0.2) is 9.07 Å². The molecule has 0 aliphatic rings. The minimum absolute atomic E-state index is 0.231. The number of aryl methyl sites for hydroxylation is 2. The summed E-state index contributed by atoms with van der Waals surface area (Å²) in [6.45, 7) is 4.81. The van der Waals surface area contributed by atoms with Crippen LogP contribution in [0.4, 0.5) is 4.39 Å². The van der Waals surface area contributed by atoms with Crippen molar-refractivity contribution in [2.45, 2.75) is 26.8 Å². The number of rotatable bonds is 8. The second-order valence-electron chi connectivity index (χ2n) is 8.28. The smallest absolute Gasteiger partial charge is 0.254 e. The number of benzene rings is 3. The molecule has 4 aromatic rings. The summed E-state index contributed by atoms with van der Waals surface area (Å²) >= 11 is 0. The maximum atomic E-state index is 13.8. The van der Waals surface area contributed by atoms with Crippen LogP contribution in [0, 0.1) is 12.7 Å². The molecular formula is C28H28FN3O2. The monoisotopic (exact) mass is 457 g/mol. The van der Waals surface area contributed by atoms with E-state index < -0.39 is 5.82 Å². The fourth-order valence-electron chi connectivity index (χ4n) is 3.96. The summed E-state index contributed by atoms with van der Waals surface area (Å²) in [4.78, 5) is 15.1. The summed E-state index contributed by atoms with van der Waals surface area (Å²) in [7, 11) is 1.83. The molecule has 0 unspecified atom stereocenters. The second kappa shape index (κ2) is 10.3.